The zero-order valence-corrected chi connectivity index (χ0v) is 28.2. The zero-order valence-electron chi connectivity index (χ0n) is 28.2. The number of para-hydroxylation sites is 3. The van der Waals surface area contributed by atoms with Crippen LogP contribution in [0.1, 0.15) is 22.5 Å². The van der Waals surface area contributed by atoms with Gasteiger partial charge in [0.05, 0.1) is 16.7 Å². The highest BCUT2D eigenvalue weighted by Gasteiger charge is 2.54. The summed E-state index contributed by atoms with van der Waals surface area (Å²) in [7, 11) is 0. The molecule has 0 saturated heterocycles. The van der Waals surface area contributed by atoms with Gasteiger partial charge in [0.15, 0.2) is 0 Å². The highest BCUT2D eigenvalue weighted by Crippen LogP contribution is 2.60. The normalized spacial score (nSPS) is 15.4. The SMILES string of the molecule is c1cc(-c2ccc3c(c2)C2(c4ccccc4-3)c3ccccc3-n3c2nc2ccccc23)cc(-c2cccc3c2ccc2cc4ccccc4cc23)c1. The van der Waals surface area contributed by atoms with E-state index in [1.165, 1.54) is 88.1 Å². The van der Waals surface area contributed by atoms with Gasteiger partial charge >= 0.3 is 0 Å². The number of fused-ring (bicyclic) bond motifs is 16. The topological polar surface area (TPSA) is 17.8 Å². The molecule has 0 amide bonds. The highest BCUT2D eigenvalue weighted by molar-refractivity contribution is 6.15. The molecule has 52 heavy (non-hydrogen) atoms. The van der Waals surface area contributed by atoms with Crippen LogP contribution in [0.15, 0.2) is 182 Å². The molecule has 1 aromatic heterocycles. The molecule has 1 spiro atoms. The number of imidazole rings is 1. The molecule has 1 aliphatic carbocycles. The van der Waals surface area contributed by atoms with E-state index >= 15 is 0 Å². The van der Waals surface area contributed by atoms with Crippen molar-refractivity contribution in [2.75, 3.05) is 0 Å². The van der Waals surface area contributed by atoms with Crippen molar-refractivity contribution in [1.82, 2.24) is 9.55 Å². The maximum absolute atomic E-state index is 5.43. The standard InChI is InChI=1S/C50H30N2/c1-2-12-33-29-42-36(28-31(33)11-1)24-25-39-37(16-10-17-38(39)42)35-14-9-13-32(27-35)34-23-26-41-40-15-3-4-18-43(40)50(45(41)30-34)44-19-5-7-21-47(44)52-48-22-8-6-20-46(48)51-49(50)52/h1-30H. The third-order valence-corrected chi connectivity index (χ3v) is 11.7. The summed E-state index contributed by atoms with van der Waals surface area (Å²) in [5.74, 6) is 1.07. The van der Waals surface area contributed by atoms with Gasteiger partial charge in [-0.1, -0.05) is 140 Å². The molecule has 10 aromatic rings. The monoisotopic (exact) mass is 658 g/mol. The summed E-state index contributed by atoms with van der Waals surface area (Å²) in [6.07, 6.45) is 0. The molecule has 1 atom stereocenters. The van der Waals surface area contributed by atoms with Crippen LogP contribution in [0.2, 0.25) is 0 Å². The summed E-state index contributed by atoms with van der Waals surface area (Å²) in [6.45, 7) is 0. The van der Waals surface area contributed by atoms with Crippen molar-refractivity contribution in [2.45, 2.75) is 5.41 Å². The van der Waals surface area contributed by atoms with Crippen molar-refractivity contribution in [3.8, 4) is 39.1 Å². The van der Waals surface area contributed by atoms with E-state index < -0.39 is 5.41 Å². The Balaban J connectivity index is 1.06. The summed E-state index contributed by atoms with van der Waals surface area (Å²) in [5, 5.41) is 7.66. The molecule has 240 valence electrons. The van der Waals surface area contributed by atoms with Crippen LogP contribution in [-0.4, -0.2) is 9.55 Å². The minimum absolute atomic E-state index is 0.518. The Bertz CT molecular complexity index is 3150. The van der Waals surface area contributed by atoms with E-state index in [0.717, 1.165) is 16.9 Å². The number of nitrogens with zero attached hydrogens (tertiary/aromatic N) is 2. The van der Waals surface area contributed by atoms with Crippen LogP contribution in [0.4, 0.5) is 0 Å². The summed E-state index contributed by atoms with van der Waals surface area (Å²) >= 11 is 0. The molecule has 1 unspecified atom stereocenters. The third kappa shape index (κ3) is 3.56. The number of aromatic nitrogens is 2. The van der Waals surface area contributed by atoms with Gasteiger partial charge in [0.2, 0.25) is 0 Å². The minimum atomic E-state index is -0.518. The molecule has 2 heteroatoms. The number of rotatable bonds is 2. The lowest BCUT2D eigenvalue weighted by molar-refractivity contribution is 0.738. The molecule has 2 aliphatic rings. The minimum Gasteiger partial charge on any atom is -0.295 e. The Morgan fingerprint density at radius 1 is 0.385 bits per heavy atom. The molecule has 0 radical (unpaired) electrons. The fourth-order valence-electron chi connectivity index (χ4n) is 9.52. The van der Waals surface area contributed by atoms with E-state index in [9.17, 15) is 0 Å². The lowest BCUT2D eigenvalue weighted by Crippen LogP contribution is -2.27. The van der Waals surface area contributed by atoms with E-state index in [1.54, 1.807) is 0 Å². The molecule has 2 heterocycles. The van der Waals surface area contributed by atoms with Crippen LogP contribution < -0.4 is 0 Å². The molecule has 9 aromatic carbocycles. The second-order valence-corrected chi connectivity index (χ2v) is 14.3. The zero-order chi connectivity index (χ0) is 34.0. The summed E-state index contributed by atoms with van der Waals surface area (Å²) in [6, 6.07) is 67.2. The van der Waals surface area contributed by atoms with Gasteiger partial charge in [-0.2, -0.15) is 0 Å². The maximum atomic E-state index is 5.43. The van der Waals surface area contributed by atoms with Gasteiger partial charge in [-0.25, -0.2) is 4.98 Å². The fourth-order valence-corrected chi connectivity index (χ4v) is 9.52. The van der Waals surface area contributed by atoms with Gasteiger partial charge in [0.25, 0.3) is 0 Å². The van der Waals surface area contributed by atoms with Crippen molar-refractivity contribution < 1.29 is 0 Å². The Morgan fingerprint density at radius 3 is 2.04 bits per heavy atom. The average molecular weight is 659 g/mol. The Morgan fingerprint density at radius 2 is 1.10 bits per heavy atom. The summed E-state index contributed by atoms with van der Waals surface area (Å²) in [4.78, 5) is 5.43. The molecular formula is C50H30N2. The van der Waals surface area contributed by atoms with E-state index in [1.807, 2.05) is 0 Å². The average Bonchev–Trinajstić information content (AvgIpc) is 3.83. The van der Waals surface area contributed by atoms with Crippen LogP contribution in [0.5, 0.6) is 0 Å². The molecule has 12 rings (SSSR count). The first-order chi connectivity index (χ1) is 25.8. The van der Waals surface area contributed by atoms with E-state index in [0.29, 0.717) is 0 Å². The van der Waals surface area contributed by atoms with Crippen LogP contribution in [0.25, 0.3) is 82.4 Å². The largest absolute Gasteiger partial charge is 0.295 e. The molecule has 0 N–H and O–H groups in total. The van der Waals surface area contributed by atoms with Crippen molar-refractivity contribution in [3.05, 3.63) is 205 Å². The van der Waals surface area contributed by atoms with E-state index in [4.69, 9.17) is 4.98 Å². The van der Waals surface area contributed by atoms with Crippen LogP contribution in [-0.2, 0) is 5.41 Å². The smallest absolute Gasteiger partial charge is 0.134 e. The number of hydrogen-bond donors (Lipinski definition) is 0. The Hall–Kier alpha value is -6.77. The maximum Gasteiger partial charge on any atom is 0.134 e. The highest BCUT2D eigenvalue weighted by atomic mass is 15.1. The number of hydrogen-bond acceptors (Lipinski definition) is 1. The van der Waals surface area contributed by atoms with Gasteiger partial charge in [0.1, 0.15) is 11.2 Å². The molecule has 2 nitrogen and oxygen atoms in total. The lowest BCUT2D eigenvalue weighted by atomic mass is 9.72. The Labute approximate surface area is 300 Å². The van der Waals surface area contributed by atoms with Crippen molar-refractivity contribution in [3.63, 3.8) is 0 Å². The number of benzene rings is 9. The van der Waals surface area contributed by atoms with Crippen molar-refractivity contribution in [1.29, 1.82) is 0 Å². The van der Waals surface area contributed by atoms with E-state index in [-0.39, 0.29) is 0 Å². The van der Waals surface area contributed by atoms with Gasteiger partial charge in [-0.3, -0.25) is 4.57 Å². The first kappa shape index (κ1) is 28.0. The van der Waals surface area contributed by atoms with Gasteiger partial charge in [-0.05, 0) is 125 Å². The predicted molar refractivity (Wildman–Crippen MR) is 215 cm³/mol. The molecule has 0 bridgehead atoms. The first-order valence-electron chi connectivity index (χ1n) is 18.0. The molecule has 0 saturated carbocycles. The van der Waals surface area contributed by atoms with Crippen molar-refractivity contribution in [2.24, 2.45) is 0 Å². The Kier molecular flexibility index (Phi) is 5.46. The molecular weight excluding hydrogens is 629 g/mol. The summed E-state index contributed by atoms with van der Waals surface area (Å²) in [5.41, 5.74) is 14.2. The van der Waals surface area contributed by atoms with Crippen LogP contribution >= 0.6 is 0 Å². The van der Waals surface area contributed by atoms with Crippen molar-refractivity contribution >= 4 is 43.4 Å². The van der Waals surface area contributed by atoms with Crippen LogP contribution in [0.3, 0.4) is 0 Å². The second kappa shape index (κ2) is 10.2. The molecule has 1 aliphatic heterocycles. The van der Waals surface area contributed by atoms with Gasteiger partial charge in [0, 0.05) is 0 Å². The summed E-state index contributed by atoms with van der Waals surface area (Å²) < 4.78 is 2.40. The third-order valence-electron chi connectivity index (χ3n) is 11.7. The predicted octanol–water partition coefficient (Wildman–Crippen LogP) is 12.5. The fraction of sp³-hybridized carbons (Fsp3) is 0.0200. The first-order valence-corrected chi connectivity index (χ1v) is 18.0. The van der Waals surface area contributed by atoms with Crippen LogP contribution in [0, 0.1) is 0 Å². The lowest BCUT2D eigenvalue weighted by Gasteiger charge is -2.27. The van der Waals surface area contributed by atoms with E-state index in [2.05, 4.69) is 187 Å². The quantitative estimate of drug-likeness (QED) is 0.133. The van der Waals surface area contributed by atoms with Gasteiger partial charge < -0.3 is 0 Å². The van der Waals surface area contributed by atoms with Gasteiger partial charge in [-0.15, -0.1) is 0 Å². The molecule has 0 fully saturated rings. The second-order valence-electron chi connectivity index (χ2n) is 14.3.